The van der Waals surface area contributed by atoms with E-state index in [4.69, 9.17) is 0 Å². The molecule has 0 saturated heterocycles. The first-order chi connectivity index (χ1) is 7.91. The van der Waals surface area contributed by atoms with Crippen LogP contribution < -0.4 is 0 Å². The first kappa shape index (κ1) is 11.1. The van der Waals surface area contributed by atoms with Crippen molar-refractivity contribution in [1.82, 2.24) is 0 Å². The van der Waals surface area contributed by atoms with Gasteiger partial charge in [0, 0.05) is 0 Å². The highest BCUT2D eigenvalue weighted by molar-refractivity contribution is 6.18. The zero-order valence-electron chi connectivity index (χ0n) is 10.4. The Bertz CT molecular complexity index is 385. The standard InChI is InChI=1S/C14H18O3/c1-8(15)13-4-10-3-11(5-13)7-14(6-10,9(2)16)12(13)17/h10-11H,3-7H2,1-2H3. The van der Waals surface area contributed by atoms with Crippen molar-refractivity contribution in [1.29, 1.82) is 0 Å². The van der Waals surface area contributed by atoms with Gasteiger partial charge in [-0.05, 0) is 57.8 Å². The highest BCUT2D eigenvalue weighted by Gasteiger charge is 2.67. The summed E-state index contributed by atoms with van der Waals surface area (Å²) >= 11 is 0. The first-order valence-electron chi connectivity index (χ1n) is 6.48. The summed E-state index contributed by atoms with van der Waals surface area (Å²) < 4.78 is 0. The molecule has 0 radical (unpaired) electrons. The molecule has 4 fully saturated rings. The van der Waals surface area contributed by atoms with Crippen molar-refractivity contribution in [3.63, 3.8) is 0 Å². The lowest BCUT2D eigenvalue weighted by atomic mass is 9.42. The lowest BCUT2D eigenvalue weighted by molar-refractivity contribution is -0.174. The number of carbonyl (C=O) groups is 3. The summed E-state index contributed by atoms with van der Waals surface area (Å²) in [5, 5.41) is 0. The van der Waals surface area contributed by atoms with Gasteiger partial charge in [-0.1, -0.05) is 0 Å². The Morgan fingerprint density at radius 2 is 1.29 bits per heavy atom. The van der Waals surface area contributed by atoms with Gasteiger partial charge in [0.15, 0.2) is 5.78 Å². The number of hydrogen-bond donors (Lipinski definition) is 0. The van der Waals surface area contributed by atoms with Crippen molar-refractivity contribution in [2.75, 3.05) is 0 Å². The lowest BCUT2D eigenvalue weighted by Gasteiger charge is -2.58. The summed E-state index contributed by atoms with van der Waals surface area (Å²) in [5.74, 6) is 0.752. The molecule has 0 aromatic rings. The van der Waals surface area contributed by atoms with Gasteiger partial charge in [-0.25, -0.2) is 0 Å². The van der Waals surface area contributed by atoms with Crippen LogP contribution in [0.3, 0.4) is 0 Å². The van der Waals surface area contributed by atoms with Gasteiger partial charge in [0.2, 0.25) is 0 Å². The largest absolute Gasteiger partial charge is 0.299 e. The van der Waals surface area contributed by atoms with Crippen molar-refractivity contribution in [3.05, 3.63) is 0 Å². The Balaban J connectivity index is 2.14. The molecule has 4 aliphatic rings. The molecule has 0 spiro atoms. The molecule has 0 unspecified atom stereocenters. The smallest absolute Gasteiger partial charge is 0.159 e. The second kappa shape index (κ2) is 3.06. The van der Waals surface area contributed by atoms with Crippen LogP contribution in [0.4, 0.5) is 0 Å². The zero-order valence-corrected chi connectivity index (χ0v) is 10.4. The van der Waals surface area contributed by atoms with E-state index in [0.717, 1.165) is 6.42 Å². The Labute approximate surface area is 101 Å². The van der Waals surface area contributed by atoms with Crippen LogP contribution in [-0.4, -0.2) is 17.3 Å². The van der Waals surface area contributed by atoms with E-state index in [1.807, 2.05) is 0 Å². The van der Waals surface area contributed by atoms with Gasteiger partial charge in [-0.2, -0.15) is 0 Å². The molecular weight excluding hydrogens is 216 g/mol. The van der Waals surface area contributed by atoms with E-state index in [2.05, 4.69) is 0 Å². The molecule has 0 aliphatic heterocycles. The Hall–Kier alpha value is -0.990. The van der Waals surface area contributed by atoms with Crippen LogP contribution in [-0.2, 0) is 14.4 Å². The predicted octanol–water partition coefficient (Wildman–Crippen LogP) is 1.93. The summed E-state index contributed by atoms with van der Waals surface area (Å²) in [7, 11) is 0. The third-order valence-corrected chi connectivity index (χ3v) is 5.43. The van der Waals surface area contributed by atoms with Gasteiger partial charge >= 0.3 is 0 Å². The van der Waals surface area contributed by atoms with E-state index in [-0.39, 0.29) is 17.3 Å². The fourth-order valence-electron chi connectivity index (χ4n) is 4.81. The molecule has 0 amide bonds. The fraction of sp³-hybridized carbons (Fsp3) is 0.786. The summed E-state index contributed by atoms with van der Waals surface area (Å²) in [6.45, 7) is 3.05. The van der Waals surface area contributed by atoms with Gasteiger partial charge in [0.25, 0.3) is 0 Å². The van der Waals surface area contributed by atoms with Gasteiger partial charge in [-0.15, -0.1) is 0 Å². The molecular formula is C14H18O3. The Morgan fingerprint density at radius 1 is 0.941 bits per heavy atom. The molecule has 4 rings (SSSR count). The van der Waals surface area contributed by atoms with E-state index in [0.29, 0.717) is 37.5 Å². The summed E-state index contributed by atoms with van der Waals surface area (Å²) in [6.07, 6.45) is 3.91. The number of ketones is 3. The van der Waals surface area contributed by atoms with Crippen LogP contribution in [0.2, 0.25) is 0 Å². The minimum Gasteiger partial charge on any atom is -0.299 e. The monoisotopic (exact) mass is 234 g/mol. The molecule has 4 saturated carbocycles. The van der Waals surface area contributed by atoms with E-state index in [9.17, 15) is 14.4 Å². The van der Waals surface area contributed by atoms with Gasteiger partial charge < -0.3 is 0 Å². The SMILES string of the molecule is CC(=O)C12CC3CC(C1)CC(C(C)=O)(C3)C2=O. The van der Waals surface area contributed by atoms with Crippen LogP contribution in [0.25, 0.3) is 0 Å². The fourth-order valence-corrected chi connectivity index (χ4v) is 4.81. The van der Waals surface area contributed by atoms with Crippen LogP contribution in [0.15, 0.2) is 0 Å². The Morgan fingerprint density at radius 3 is 1.59 bits per heavy atom. The van der Waals surface area contributed by atoms with Crippen molar-refractivity contribution < 1.29 is 14.4 Å². The highest BCUT2D eigenvalue weighted by atomic mass is 16.2. The molecule has 0 aromatic heterocycles. The molecule has 0 aromatic carbocycles. The highest BCUT2D eigenvalue weighted by Crippen LogP contribution is 2.63. The van der Waals surface area contributed by atoms with Crippen molar-refractivity contribution in [3.8, 4) is 0 Å². The van der Waals surface area contributed by atoms with Gasteiger partial charge in [-0.3, -0.25) is 14.4 Å². The molecule has 4 aliphatic carbocycles. The number of Topliss-reactive ketones (excluding diaryl/α,β-unsaturated/α-hetero) is 3. The molecule has 4 bridgehead atoms. The van der Waals surface area contributed by atoms with E-state index in [1.54, 1.807) is 0 Å². The lowest BCUT2D eigenvalue weighted by Crippen LogP contribution is -2.63. The topological polar surface area (TPSA) is 51.2 Å². The molecule has 17 heavy (non-hydrogen) atoms. The number of rotatable bonds is 2. The second-order valence-corrected chi connectivity index (χ2v) is 6.39. The average Bonchev–Trinajstić information content (AvgIpc) is 2.23. The molecule has 0 atom stereocenters. The number of carbonyl (C=O) groups excluding carboxylic acids is 3. The maximum Gasteiger partial charge on any atom is 0.159 e. The van der Waals surface area contributed by atoms with Crippen LogP contribution in [0, 0.1) is 22.7 Å². The van der Waals surface area contributed by atoms with E-state index in [1.165, 1.54) is 13.8 Å². The van der Waals surface area contributed by atoms with Crippen molar-refractivity contribution in [2.45, 2.75) is 46.0 Å². The molecule has 3 nitrogen and oxygen atoms in total. The molecule has 0 N–H and O–H groups in total. The van der Waals surface area contributed by atoms with Gasteiger partial charge in [0.1, 0.15) is 11.6 Å². The number of hydrogen-bond acceptors (Lipinski definition) is 3. The Kier molecular flexibility index (Phi) is 2.00. The quantitative estimate of drug-likeness (QED) is 0.686. The summed E-state index contributed by atoms with van der Waals surface area (Å²) in [6, 6.07) is 0. The zero-order chi connectivity index (χ0) is 12.4. The summed E-state index contributed by atoms with van der Waals surface area (Å²) in [4.78, 5) is 36.5. The molecule has 3 heteroatoms. The second-order valence-electron chi connectivity index (χ2n) is 6.39. The summed E-state index contributed by atoms with van der Waals surface area (Å²) in [5.41, 5.74) is -1.59. The van der Waals surface area contributed by atoms with Gasteiger partial charge in [0.05, 0.1) is 10.8 Å². The maximum atomic E-state index is 12.7. The minimum atomic E-state index is -0.796. The minimum absolute atomic E-state index is 0.0118. The maximum absolute atomic E-state index is 12.7. The average molecular weight is 234 g/mol. The van der Waals surface area contributed by atoms with Crippen molar-refractivity contribution in [2.24, 2.45) is 22.7 Å². The van der Waals surface area contributed by atoms with Crippen molar-refractivity contribution >= 4 is 17.3 Å². The predicted molar refractivity (Wildman–Crippen MR) is 61.3 cm³/mol. The molecule has 0 heterocycles. The third-order valence-electron chi connectivity index (χ3n) is 5.43. The van der Waals surface area contributed by atoms with Crippen LogP contribution in [0.5, 0.6) is 0 Å². The van der Waals surface area contributed by atoms with Crippen LogP contribution >= 0.6 is 0 Å². The third kappa shape index (κ3) is 1.15. The normalized spacial score (nSPS) is 47.3. The first-order valence-corrected chi connectivity index (χ1v) is 6.48. The van der Waals surface area contributed by atoms with Crippen LogP contribution in [0.1, 0.15) is 46.0 Å². The van der Waals surface area contributed by atoms with E-state index >= 15 is 0 Å². The van der Waals surface area contributed by atoms with E-state index < -0.39 is 10.8 Å². The molecule has 92 valence electrons.